The zero-order valence-corrected chi connectivity index (χ0v) is 24.1. The van der Waals surface area contributed by atoms with Crippen LogP contribution in [0.15, 0.2) is 59.7 Å². The van der Waals surface area contributed by atoms with Crippen molar-refractivity contribution in [3.63, 3.8) is 0 Å². The Morgan fingerprint density at radius 1 is 0.649 bits per heavy atom. The van der Waals surface area contributed by atoms with E-state index in [2.05, 4.69) is 86.9 Å². The van der Waals surface area contributed by atoms with Gasteiger partial charge in [0.25, 0.3) is 0 Å². The summed E-state index contributed by atoms with van der Waals surface area (Å²) in [4.78, 5) is 3.41. The van der Waals surface area contributed by atoms with Gasteiger partial charge in [0.2, 0.25) is 0 Å². The molecule has 200 valence electrons. The van der Waals surface area contributed by atoms with Crippen molar-refractivity contribution in [2.24, 2.45) is 0 Å². The van der Waals surface area contributed by atoms with Crippen LogP contribution in [-0.2, 0) is 12.8 Å². The molecule has 2 rings (SSSR count). The van der Waals surface area contributed by atoms with Crippen LogP contribution in [0, 0.1) is 0 Å². The average Bonchev–Trinajstić information content (AvgIpc) is 2.93. The highest BCUT2D eigenvalue weighted by molar-refractivity contribution is 5.87. The van der Waals surface area contributed by atoms with Crippen molar-refractivity contribution < 1.29 is 4.79 Å². The highest BCUT2D eigenvalue weighted by atomic mass is 14.8. The lowest BCUT2D eigenvalue weighted by atomic mass is 9.84. The van der Waals surface area contributed by atoms with Crippen LogP contribution in [0.25, 0.3) is 11.1 Å². The average molecular weight is 499 g/mol. The molecule has 2 aromatic rings. The SMILES string of the molecule is CCCCCCc1cccc(C(=C(CCCCC)C(=C=[N+]=[N-])CCCC)c2ccc(CCCC)cc2)c1. The van der Waals surface area contributed by atoms with Gasteiger partial charge in [-0.3, -0.25) is 0 Å². The Hall–Kier alpha value is -2.66. The Balaban J connectivity index is 2.66. The third kappa shape index (κ3) is 10.7. The van der Waals surface area contributed by atoms with E-state index in [-0.39, 0.29) is 0 Å². The summed E-state index contributed by atoms with van der Waals surface area (Å²) in [5, 5.41) is 0. The highest BCUT2D eigenvalue weighted by Gasteiger charge is 2.18. The first-order chi connectivity index (χ1) is 18.2. The summed E-state index contributed by atoms with van der Waals surface area (Å²) < 4.78 is 0. The van der Waals surface area contributed by atoms with Gasteiger partial charge < -0.3 is 5.53 Å². The first-order valence-electron chi connectivity index (χ1n) is 15.1. The van der Waals surface area contributed by atoms with Crippen LogP contribution in [0.5, 0.6) is 0 Å². The number of allylic oxidation sites excluding steroid dienone is 2. The van der Waals surface area contributed by atoms with Gasteiger partial charge in [0.05, 0.1) is 5.57 Å². The second-order valence-electron chi connectivity index (χ2n) is 10.4. The van der Waals surface area contributed by atoms with E-state index in [1.165, 1.54) is 84.8 Å². The number of hydrogen-bond donors (Lipinski definition) is 0. The molecule has 2 heteroatoms. The van der Waals surface area contributed by atoms with Crippen LogP contribution in [0.3, 0.4) is 0 Å². The molecule has 0 N–H and O–H groups in total. The molecular formula is C35H50N2. The van der Waals surface area contributed by atoms with Crippen LogP contribution in [-0.4, -0.2) is 10.7 Å². The second kappa shape index (κ2) is 18.6. The zero-order valence-electron chi connectivity index (χ0n) is 24.1. The predicted octanol–water partition coefficient (Wildman–Crippen LogP) is 10.6. The first kappa shape index (κ1) is 30.6. The number of nitrogens with zero attached hydrogens (tertiary/aromatic N) is 2. The normalized spacial score (nSPS) is 11.6. The van der Waals surface area contributed by atoms with Gasteiger partial charge in [0.15, 0.2) is 0 Å². The molecule has 0 saturated heterocycles. The standard InChI is InChI=1S/C35H50N2/c1-5-9-13-15-18-30-19-16-21-32(27-30)35(31-25-23-29(24-26-31)17-11-7-3)34(22-14-10-6-2)33(28-37-36)20-12-8-4/h16,19,21,23-27H,5-15,17-18,20,22H2,1-4H3. The Morgan fingerprint density at radius 2 is 1.32 bits per heavy atom. The first-order valence-corrected chi connectivity index (χ1v) is 15.1. The van der Waals surface area contributed by atoms with E-state index in [0.29, 0.717) is 0 Å². The van der Waals surface area contributed by atoms with Gasteiger partial charge in [0, 0.05) is 0 Å². The molecule has 2 nitrogen and oxygen atoms in total. The quantitative estimate of drug-likeness (QED) is 0.0644. The molecule has 0 aliphatic heterocycles. The number of unbranched alkanes of at least 4 members (excludes halogenated alkanes) is 7. The van der Waals surface area contributed by atoms with Gasteiger partial charge in [-0.2, -0.15) is 0 Å². The lowest BCUT2D eigenvalue weighted by Crippen LogP contribution is -2.02. The minimum atomic E-state index is 0.886. The molecule has 0 heterocycles. The molecule has 0 atom stereocenters. The summed E-state index contributed by atoms with van der Waals surface area (Å²) in [6, 6.07) is 18.4. The van der Waals surface area contributed by atoms with Crippen molar-refractivity contribution in [2.75, 3.05) is 0 Å². The van der Waals surface area contributed by atoms with Gasteiger partial charge >= 0.3 is 5.87 Å². The topological polar surface area (TPSA) is 36.4 Å². The van der Waals surface area contributed by atoms with Crippen molar-refractivity contribution in [3.8, 4) is 0 Å². The lowest BCUT2D eigenvalue weighted by Gasteiger charge is -2.18. The van der Waals surface area contributed by atoms with Crippen LogP contribution in [0.4, 0.5) is 0 Å². The van der Waals surface area contributed by atoms with Crippen LogP contribution in [0.1, 0.15) is 133 Å². The monoisotopic (exact) mass is 498 g/mol. The molecule has 2 aromatic carbocycles. The number of rotatable bonds is 18. The lowest BCUT2D eigenvalue weighted by molar-refractivity contribution is 0.00739. The van der Waals surface area contributed by atoms with Gasteiger partial charge in [-0.1, -0.05) is 121 Å². The fraction of sp³-hybridized carbons (Fsp3) is 0.543. The molecule has 0 aliphatic carbocycles. The molecule has 0 radical (unpaired) electrons. The smallest absolute Gasteiger partial charge is 0.303 e. The van der Waals surface area contributed by atoms with E-state index in [0.717, 1.165) is 50.5 Å². The third-order valence-corrected chi connectivity index (χ3v) is 7.26. The van der Waals surface area contributed by atoms with Gasteiger partial charge in [-0.15, -0.1) is 4.79 Å². The third-order valence-electron chi connectivity index (χ3n) is 7.26. The van der Waals surface area contributed by atoms with Gasteiger partial charge in [-0.05, 0) is 84.8 Å². The van der Waals surface area contributed by atoms with Gasteiger partial charge in [-0.25, -0.2) is 0 Å². The molecule has 37 heavy (non-hydrogen) atoms. The summed E-state index contributed by atoms with van der Waals surface area (Å²) in [7, 11) is 0. The van der Waals surface area contributed by atoms with Crippen molar-refractivity contribution >= 4 is 11.4 Å². The molecule has 0 unspecified atom stereocenters. The summed E-state index contributed by atoms with van der Waals surface area (Å²) in [6.07, 6.45) is 17.3. The van der Waals surface area contributed by atoms with Gasteiger partial charge in [0.1, 0.15) is 0 Å². The Kier molecular flexibility index (Phi) is 15.3. The van der Waals surface area contributed by atoms with E-state index in [4.69, 9.17) is 0 Å². The second-order valence-corrected chi connectivity index (χ2v) is 10.4. The highest BCUT2D eigenvalue weighted by Crippen LogP contribution is 2.35. The molecule has 0 fully saturated rings. The molecule has 0 aromatic heterocycles. The van der Waals surface area contributed by atoms with E-state index in [9.17, 15) is 5.53 Å². The van der Waals surface area contributed by atoms with Crippen LogP contribution in [0.2, 0.25) is 0 Å². The Morgan fingerprint density at radius 3 is 2.00 bits per heavy atom. The maximum Gasteiger partial charge on any atom is 0.303 e. The van der Waals surface area contributed by atoms with E-state index < -0.39 is 0 Å². The van der Waals surface area contributed by atoms with Crippen molar-refractivity contribution in [3.05, 3.63) is 87.5 Å². The van der Waals surface area contributed by atoms with Crippen LogP contribution < -0.4 is 0 Å². The van der Waals surface area contributed by atoms with Crippen LogP contribution >= 0.6 is 0 Å². The Labute approximate surface area is 227 Å². The van der Waals surface area contributed by atoms with Crippen molar-refractivity contribution in [2.45, 2.75) is 124 Å². The van der Waals surface area contributed by atoms with Crippen molar-refractivity contribution in [1.29, 1.82) is 0 Å². The number of hydrogen-bond acceptors (Lipinski definition) is 0. The maximum atomic E-state index is 9.55. The fourth-order valence-electron chi connectivity index (χ4n) is 5.04. The number of aryl methyl sites for hydroxylation is 2. The largest absolute Gasteiger partial charge is 0.348 e. The zero-order chi connectivity index (χ0) is 26.7. The minimum absolute atomic E-state index is 0.886. The summed E-state index contributed by atoms with van der Waals surface area (Å²) in [5.41, 5.74) is 18.5. The summed E-state index contributed by atoms with van der Waals surface area (Å²) in [5.74, 6) is 3.01. The summed E-state index contributed by atoms with van der Waals surface area (Å²) in [6.45, 7) is 8.99. The summed E-state index contributed by atoms with van der Waals surface area (Å²) >= 11 is 0. The fourth-order valence-corrected chi connectivity index (χ4v) is 5.04. The molecule has 0 aliphatic rings. The van der Waals surface area contributed by atoms with E-state index in [1.807, 2.05) is 0 Å². The molecule has 0 amide bonds. The molecular weight excluding hydrogens is 448 g/mol. The molecule has 0 bridgehead atoms. The van der Waals surface area contributed by atoms with E-state index >= 15 is 0 Å². The Bertz CT molecular complexity index is 1030. The minimum Gasteiger partial charge on any atom is -0.348 e. The van der Waals surface area contributed by atoms with E-state index in [1.54, 1.807) is 0 Å². The van der Waals surface area contributed by atoms with Crippen molar-refractivity contribution in [1.82, 2.24) is 0 Å². The predicted molar refractivity (Wildman–Crippen MR) is 161 cm³/mol. The molecule has 0 saturated carbocycles. The maximum absolute atomic E-state index is 9.55. The molecule has 0 spiro atoms. The number of benzene rings is 2.